The number of carbonyl (C=O) groups excluding carboxylic acids is 3. The first-order chi connectivity index (χ1) is 9.51. The highest BCUT2D eigenvalue weighted by molar-refractivity contribution is 6.09. The molecule has 1 heterocycles. The maximum Gasteiger partial charge on any atom is 0.325 e. The molecule has 1 spiro atoms. The minimum absolute atomic E-state index is 0.0873. The Hall–Kier alpha value is -2.03. The van der Waals surface area contributed by atoms with E-state index in [4.69, 9.17) is 6.42 Å². The van der Waals surface area contributed by atoms with E-state index in [1.54, 1.807) is 0 Å². The van der Waals surface area contributed by atoms with Gasteiger partial charge in [-0.25, -0.2) is 4.79 Å². The quantitative estimate of drug-likeness (QED) is 0.573. The van der Waals surface area contributed by atoms with Crippen molar-refractivity contribution in [2.75, 3.05) is 13.1 Å². The van der Waals surface area contributed by atoms with Gasteiger partial charge in [-0.1, -0.05) is 25.7 Å². The zero-order valence-electron chi connectivity index (χ0n) is 11.6. The van der Waals surface area contributed by atoms with Gasteiger partial charge in [-0.05, 0) is 18.8 Å². The van der Waals surface area contributed by atoms with Gasteiger partial charge < -0.3 is 10.6 Å². The first-order valence-corrected chi connectivity index (χ1v) is 6.85. The number of hydrogen-bond donors (Lipinski definition) is 2. The van der Waals surface area contributed by atoms with Crippen molar-refractivity contribution in [1.29, 1.82) is 0 Å². The first kappa shape index (κ1) is 14.4. The monoisotopic (exact) mass is 277 g/mol. The highest BCUT2D eigenvalue weighted by Gasteiger charge is 2.55. The van der Waals surface area contributed by atoms with E-state index >= 15 is 0 Å². The summed E-state index contributed by atoms with van der Waals surface area (Å²) in [4.78, 5) is 37.1. The Bertz CT molecular complexity index is 483. The van der Waals surface area contributed by atoms with Crippen LogP contribution in [-0.2, 0) is 9.59 Å². The lowest BCUT2D eigenvalue weighted by molar-refractivity contribution is -0.137. The number of carbonyl (C=O) groups is 3. The molecular weight excluding hydrogens is 258 g/mol. The first-order valence-electron chi connectivity index (χ1n) is 6.85. The van der Waals surface area contributed by atoms with Gasteiger partial charge in [0.15, 0.2) is 0 Å². The van der Waals surface area contributed by atoms with Gasteiger partial charge in [0.1, 0.15) is 12.1 Å². The van der Waals surface area contributed by atoms with Crippen LogP contribution in [0.15, 0.2) is 0 Å². The van der Waals surface area contributed by atoms with Crippen LogP contribution in [0.2, 0.25) is 0 Å². The summed E-state index contributed by atoms with van der Waals surface area (Å²) in [6.07, 6.45) is 8.57. The van der Waals surface area contributed by atoms with E-state index in [1.165, 1.54) is 0 Å². The third kappa shape index (κ3) is 2.36. The van der Waals surface area contributed by atoms with E-state index in [-0.39, 0.29) is 24.9 Å². The average Bonchev–Trinajstić information content (AvgIpc) is 2.65. The van der Waals surface area contributed by atoms with Crippen molar-refractivity contribution >= 4 is 17.8 Å². The maximum absolute atomic E-state index is 12.5. The van der Waals surface area contributed by atoms with Crippen LogP contribution >= 0.6 is 0 Å². The minimum atomic E-state index is -0.818. The summed E-state index contributed by atoms with van der Waals surface area (Å²) < 4.78 is 0. The van der Waals surface area contributed by atoms with E-state index in [2.05, 4.69) is 16.6 Å². The van der Waals surface area contributed by atoms with Gasteiger partial charge in [-0.3, -0.25) is 14.5 Å². The lowest BCUT2D eigenvalue weighted by Gasteiger charge is -2.36. The Morgan fingerprint density at radius 1 is 1.55 bits per heavy atom. The number of imide groups is 1. The molecule has 2 atom stereocenters. The van der Waals surface area contributed by atoms with Gasteiger partial charge in [0, 0.05) is 0 Å². The Labute approximate surface area is 118 Å². The normalized spacial score (nSPS) is 29.2. The van der Waals surface area contributed by atoms with Gasteiger partial charge in [-0.2, -0.15) is 0 Å². The van der Waals surface area contributed by atoms with Crippen molar-refractivity contribution in [2.24, 2.45) is 5.92 Å². The zero-order valence-corrected chi connectivity index (χ0v) is 11.6. The van der Waals surface area contributed by atoms with Gasteiger partial charge in [0.2, 0.25) is 5.91 Å². The van der Waals surface area contributed by atoms with Crippen LogP contribution in [-0.4, -0.2) is 41.4 Å². The summed E-state index contributed by atoms with van der Waals surface area (Å²) in [5.74, 6) is 1.65. The van der Waals surface area contributed by atoms with Crippen molar-refractivity contribution in [3.05, 3.63) is 0 Å². The summed E-state index contributed by atoms with van der Waals surface area (Å²) in [5, 5.41) is 5.25. The minimum Gasteiger partial charge on any atom is -0.344 e. The summed E-state index contributed by atoms with van der Waals surface area (Å²) in [6, 6.07) is -0.486. The second-order valence-electron chi connectivity index (χ2n) is 5.42. The molecule has 4 amide bonds. The van der Waals surface area contributed by atoms with Crippen molar-refractivity contribution < 1.29 is 14.4 Å². The topological polar surface area (TPSA) is 78.5 Å². The number of urea groups is 1. The van der Waals surface area contributed by atoms with Crippen molar-refractivity contribution in [3.8, 4) is 12.3 Å². The van der Waals surface area contributed by atoms with Crippen LogP contribution in [0.25, 0.3) is 0 Å². The Balaban J connectivity index is 2.09. The predicted octanol–water partition coefficient (Wildman–Crippen LogP) is 0.236. The Kier molecular flexibility index (Phi) is 3.98. The van der Waals surface area contributed by atoms with Crippen LogP contribution < -0.4 is 10.6 Å². The molecule has 0 aromatic heterocycles. The molecule has 1 aliphatic heterocycles. The molecule has 2 N–H and O–H groups in total. The molecule has 2 aliphatic rings. The van der Waals surface area contributed by atoms with Gasteiger partial charge in [-0.15, -0.1) is 6.42 Å². The molecule has 0 aromatic carbocycles. The molecule has 0 aromatic rings. The molecule has 2 fully saturated rings. The van der Waals surface area contributed by atoms with E-state index in [0.29, 0.717) is 6.42 Å². The smallest absolute Gasteiger partial charge is 0.325 e. The summed E-state index contributed by atoms with van der Waals surface area (Å²) in [7, 11) is 0. The van der Waals surface area contributed by atoms with Crippen molar-refractivity contribution in [1.82, 2.24) is 15.5 Å². The van der Waals surface area contributed by atoms with Gasteiger partial charge in [0.05, 0.1) is 6.54 Å². The average molecular weight is 277 g/mol. The molecule has 1 aliphatic carbocycles. The highest BCUT2D eigenvalue weighted by Crippen LogP contribution is 2.37. The van der Waals surface area contributed by atoms with Crippen LogP contribution in [0.5, 0.6) is 0 Å². The fourth-order valence-corrected chi connectivity index (χ4v) is 2.99. The predicted molar refractivity (Wildman–Crippen MR) is 72.5 cm³/mol. The number of amides is 4. The number of nitrogens with zero attached hydrogens (tertiary/aromatic N) is 1. The summed E-state index contributed by atoms with van der Waals surface area (Å²) in [5.41, 5.74) is -0.818. The lowest BCUT2D eigenvalue weighted by Crippen LogP contribution is -2.54. The molecule has 1 saturated heterocycles. The van der Waals surface area contributed by atoms with Crippen LogP contribution in [0.3, 0.4) is 0 Å². The summed E-state index contributed by atoms with van der Waals surface area (Å²) in [6.45, 7) is 1.78. The zero-order chi connectivity index (χ0) is 14.8. The van der Waals surface area contributed by atoms with E-state index in [9.17, 15) is 14.4 Å². The molecule has 20 heavy (non-hydrogen) atoms. The van der Waals surface area contributed by atoms with Gasteiger partial charge in [0.25, 0.3) is 5.91 Å². The number of hydrogen-bond acceptors (Lipinski definition) is 3. The molecule has 2 rings (SSSR count). The second kappa shape index (κ2) is 5.53. The molecule has 6 heteroatoms. The molecule has 108 valence electrons. The number of terminal acetylenes is 1. The van der Waals surface area contributed by atoms with Crippen LogP contribution in [0.1, 0.15) is 32.6 Å². The fourth-order valence-electron chi connectivity index (χ4n) is 2.99. The van der Waals surface area contributed by atoms with E-state index in [0.717, 1.165) is 24.2 Å². The molecule has 0 unspecified atom stereocenters. The fraction of sp³-hybridized carbons (Fsp3) is 0.643. The molecular formula is C14H19N3O3. The van der Waals surface area contributed by atoms with Crippen LogP contribution in [0.4, 0.5) is 4.79 Å². The van der Waals surface area contributed by atoms with Crippen molar-refractivity contribution in [2.45, 2.75) is 38.1 Å². The van der Waals surface area contributed by atoms with Gasteiger partial charge >= 0.3 is 6.03 Å². The van der Waals surface area contributed by atoms with Crippen molar-refractivity contribution in [3.63, 3.8) is 0 Å². The van der Waals surface area contributed by atoms with Crippen LogP contribution in [0, 0.1) is 18.3 Å². The molecule has 0 radical (unpaired) electrons. The SMILES string of the molecule is C#CCNC(=O)CN1C(=O)N[C@@]2(CCCC[C@H]2C)C1=O. The third-order valence-corrected chi connectivity index (χ3v) is 4.19. The number of nitrogens with one attached hydrogen (secondary N) is 2. The second-order valence-corrected chi connectivity index (χ2v) is 5.42. The van der Waals surface area contributed by atoms with E-state index in [1.807, 2.05) is 6.92 Å². The number of rotatable bonds is 3. The highest BCUT2D eigenvalue weighted by atomic mass is 16.2. The molecule has 0 bridgehead atoms. The largest absolute Gasteiger partial charge is 0.344 e. The molecule has 1 saturated carbocycles. The maximum atomic E-state index is 12.5. The van der Waals surface area contributed by atoms with E-state index < -0.39 is 17.5 Å². The third-order valence-electron chi connectivity index (χ3n) is 4.19. The standard InChI is InChI=1S/C14H19N3O3/c1-3-8-15-11(18)9-17-12(19)14(16-13(17)20)7-5-4-6-10(14)2/h1,10H,4-9H2,2H3,(H,15,18)(H,16,20)/t10-,14-/m1/s1. The Morgan fingerprint density at radius 3 is 2.95 bits per heavy atom. The lowest BCUT2D eigenvalue weighted by atomic mass is 9.73. The Morgan fingerprint density at radius 2 is 2.30 bits per heavy atom. The molecule has 6 nitrogen and oxygen atoms in total. The summed E-state index contributed by atoms with van der Waals surface area (Å²) >= 11 is 0.